The van der Waals surface area contributed by atoms with Crippen LogP contribution in [0.25, 0.3) is 0 Å². The molecule has 2 aromatic carbocycles. The van der Waals surface area contributed by atoms with Crippen LogP contribution >= 0.6 is 11.6 Å². The fourth-order valence-electron chi connectivity index (χ4n) is 4.56. The number of halogens is 1. The fourth-order valence-corrected chi connectivity index (χ4v) is 7.48. The summed E-state index contributed by atoms with van der Waals surface area (Å²) in [5.41, 5.74) is 0.858. The zero-order chi connectivity index (χ0) is 24.2. The Morgan fingerprint density at radius 1 is 0.853 bits per heavy atom. The zero-order valence-corrected chi connectivity index (χ0v) is 21.4. The number of nitrogens with zero attached hydrogens (tertiary/aromatic N) is 1. The average molecular weight is 527 g/mol. The Balaban J connectivity index is 1.51. The molecule has 0 bridgehead atoms. The van der Waals surface area contributed by atoms with E-state index in [-0.39, 0.29) is 28.3 Å². The molecule has 4 rings (SSSR count). The van der Waals surface area contributed by atoms with Gasteiger partial charge in [0.05, 0.1) is 9.79 Å². The van der Waals surface area contributed by atoms with E-state index >= 15 is 0 Å². The van der Waals surface area contributed by atoms with Crippen LogP contribution < -0.4 is 4.72 Å². The first-order valence-electron chi connectivity index (χ1n) is 11.7. The topological polar surface area (TPSA) is 92.8 Å². The zero-order valence-electron chi connectivity index (χ0n) is 19.0. The van der Waals surface area contributed by atoms with E-state index < -0.39 is 20.0 Å². The molecule has 7 nitrogen and oxygen atoms in total. The summed E-state index contributed by atoms with van der Waals surface area (Å²) in [6.45, 7) is 1.89. The normalized spacial score (nSPS) is 18.5. The number of sulfonamides is 2. The van der Waals surface area contributed by atoms with E-state index in [9.17, 15) is 16.8 Å². The van der Waals surface area contributed by atoms with Gasteiger partial charge in [-0.15, -0.1) is 0 Å². The first-order chi connectivity index (χ1) is 16.3. The first kappa shape index (κ1) is 25.6. The highest BCUT2D eigenvalue weighted by atomic mass is 35.5. The van der Waals surface area contributed by atoms with Crippen molar-refractivity contribution in [1.29, 1.82) is 0 Å². The number of ether oxygens (including phenoxy) is 1. The van der Waals surface area contributed by atoms with Crippen LogP contribution in [0.15, 0.2) is 58.3 Å². The summed E-state index contributed by atoms with van der Waals surface area (Å²) in [7, 11) is -7.54. The molecule has 186 valence electrons. The van der Waals surface area contributed by atoms with Crippen molar-refractivity contribution in [3.8, 4) is 0 Å². The second-order valence-corrected chi connectivity index (χ2v) is 13.1. The van der Waals surface area contributed by atoms with Crippen LogP contribution in [0.2, 0.25) is 5.02 Å². The quantitative estimate of drug-likeness (QED) is 0.529. The molecule has 0 spiro atoms. The molecule has 0 unspecified atom stereocenters. The van der Waals surface area contributed by atoms with E-state index in [0.717, 1.165) is 44.1 Å². The Morgan fingerprint density at radius 3 is 2.06 bits per heavy atom. The van der Waals surface area contributed by atoms with Gasteiger partial charge in [-0.3, -0.25) is 0 Å². The lowest BCUT2D eigenvalue weighted by molar-refractivity contribution is 0.0678. The van der Waals surface area contributed by atoms with Gasteiger partial charge in [0, 0.05) is 37.4 Å². The SMILES string of the molecule is O=S(=O)(NCC1CCOCC1)c1ccc(S(=O)(=O)N(Cc2ccc(Cl)cc2)C2CCCC2)cc1. The standard InChI is InChI=1S/C24H31ClN2O5S2/c25-21-7-5-20(6-8-21)18-27(22-3-1-2-4-22)34(30,31)24-11-9-23(10-12-24)33(28,29)26-17-19-13-15-32-16-14-19/h5-12,19,22,26H,1-4,13-18H2. The Kier molecular flexibility index (Phi) is 8.32. The Hall–Kier alpha value is -1.49. The van der Waals surface area contributed by atoms with Crippen molar-refractivity contribution in [1.82, 2.24) is 9.03 Å². The maximum atomic E-state index is 13.6. The van der Waals surface area contributed by atoms with E-state index in [1.54, 1.807) is 16.4 Å². The van der Waals surface area contributed by atoms with Crippen LogP contribution in [0.1, 0.15) is 44.1 Å². The number of hydrogen-bond acceptors (Lipinski definition) is 5. The third-order valence-electron chi connectivity index (χ3n) is 6.63. The van der Waals surface area contributed by atoms with Crippen LogP contribution in [-0.2, 0) is 31.3 Å². The molecule has 1 N–H and O–H groups in total. The highest BCUT2D eigenvalue weighted by molar-refractivity contribution is 7.89. The minimum atomic E-state index is -3.81. The minimum absolute atomic E-state index is 0.0589. The molecule has 1 saturated carbocycles. The van der Waals surface area contributed by atoms with Gasteiger partial charge in [0.15, 0.2) is 0 Å². The summed E-state index contributed by atoms with van der Waals surface area (Å²) in [5, 5.41) is 0.598. The average Bonchev–Trinajstić information content (AvgIpc) is 3.37. The highest BCUT2D eigenvalue weighted by Gasteiger charge is 2.33. The summed E-state index contributed by atoms with van der Waals surface area (Å²) in [5.74, 6) is 0.246. The molecular weight excluding hydrogens is 496 g/mol. The lowest BCUT2D eigenvalue weighted by Gasteiger charge is -2.28. The number of hydrogen-bond donors (Lipinski definition) is 1. The van der Waals surface area contributed by atoms with Crippen molar-refractivity contribution >= 4 is 31.6 Å². The highest BCUT2D eigenvalue weighted by Crippen LogP contribution is 2.31. The van der Waals surface area contributed by atoms with Gasteiger partial charge in [-0.2, -0.15) is 4.31 Å². The van der Waals surface area contributed by atoms with Gasteiger partial charge in [0.25, 0.3) is 0 Å². The molecule has 2 aromatic rings. The summed E-state index contributed by atoms with van der Waals surface area (Å²) in [6, 6.07) is 12.6. The van der Waals surface area contributed by atoms with E-state index in [0.29, 0.717) is 24.8 Å². The Labute approximate surface area is 207 Å². The predicted octanol–water partition coefficient (Wildman–Crippen LogP) is 4.18. The third-order valence-corrected chi connectivity index (χ3v) is 10.2. The molecule has 1 saturated heterocycles. The van der Waals surface area contributed by atoms with Crippen LogP contribution in [0, 0.1) is 5.92 Å². The molecule has 0 amide bonds. The van der Waals surface area contributed by atoms with Crippen molar-refractivity contribution < 1.29 is 21.6 Å². The fraction of sp³-hybridized carbons (Fsp3) is 0.500. The van der Waals surface area contributed by atoms with Gasteiger partial charge in [-0.05, 0) is 73.6 Å². The second-order valence-electron chi connectivity index (χ2n) is 8.99. The van der Waals surface area contributed by atoms with Crippen LogP contribution in [0.5, 0.6) is 0 Å². The maximum absolute atomic E-state index is 13.6. The molecule has 2 fully saturated rings. The predicted molar refractivity (Wildman–Crippen MR) is 132 cm³/mol. The molecule has 2 aliphatic rings. The molecule has 34 heavy (non-hydrogen) atoms. The largest absolute Gasteiger partial charge is 0.381 e. The van der Waals surface area contributed by atoms with Crippen molar-refractivity contribution in [3.05, 3.63) is 59.1 Å². The smallest absolute Gasteiger partial charge is 0.243 e. The Bertz CT molecular complexity index is 1160. The first-order valence-corrected chi connectivity index (χ1v) is 15.0. The van der Waals surface area contributed by atoms with Gasteiger partial charge in [0.2, 0.25) is 20.0 Å². The maximum Gasteiger partial charge on any atom is 0.243 e. The summed E-state index contributed by atoms with van der Waals surface area (Å²) in [6.07, 6.45) is 5.26. The van der Waals surface area contributed by atoms with Gasteiger partial charge in [0.1, 0.15) is 0 Å². The minimum Gasteiger partial charge on any atom is -0.381 e. The van der Waals surface area contributed by atoms with E-state index in [1.165, 1.54) is 24.3 Å². The molecule has 1 aliphatic heterocycles. The number of benzene rings is 2. The molecule has 0 radical (unpaired) electrons. The van der Waals surface area contributed by atoms with Crippen LogP contribution in [-0.4, -0.2) is 46.9 Å². The molecule has 1 aliphatic carbocycles. The van der Waals surface area contributed by atoms with Gasteiger partial charge < -0.3 is 4.74 Å². The van der Waals surface area contributed by atoms with Gasteiger partial charge in [-0.1, -0.05) is 36.6 Å². The van der Waals surface area contributed by atoms with E-state index in [4.69, 9.17) is 16.3 Å². The Morgan fingerprint density at radius 2 is 1.44 bits per heavy atom. The lowest BCUT2D eigenvalue weighted by atomic mass is 10.0. The van der Waals surface area contributed by atoms with Crippen LogP contribution in [0.4, 0.5) is 0 Å². The van der Waals surface area contributed by atoms with Crippen molar-refractivity contribution in [2.75, 3.05) is 19.8 Å². The van der Waals surface area contributed by atoms with E-state index in [1.807, 2.05) is 12.1 Å². The number of nitrogens with one attached hydrogen (secondary N) is 1. The van der Waals surface area contributed by atoms with Crippen molar-refractivity contribution in [3.63, 3.8) is 0 Å². The summed E-state index contributed by atoms with van der Waals surface area (Å²) in [4.78, 5) is 0.153. The molecular formula is C24H31ClN2O5S2. The third kappa shape index (κ3) is 6.19. The van der Waals surface area contributed by atoms with E-state index in [2.05, 4.69) is 4.72 Å². The lowest BCUT2D eigenvalue weighted by Crippen LogP contribution is -2.38. The summed E-state index contributed by atoms with van der Waals surface area (Å²) < 4.78 is 62.2. The van der Waals surface area contributed by atoms with Gasteiger partial charge >= 0.3 is 0 Å². The second kappa shape index (κ2) is 11.1. The van der Waals surface area contributed by atoms with Crippen molar-refractivity contribution in [2.45, 2.75) is 60.9 Å². The van der Waals surface area contributed by atoms with Crippen LogP contribution in [0.3, 0.4) is 0 Å². The number of rotatable bonds is 9. The molecule has 1 heterocycles. The molecule has 10 heteroatoms. The van der Waals surface area contributed by atoms with Gasteiger partial charge in [-0.25, -0.2) is 21.6 Å². The van der Waals surface area contributed by atoms with Crippen molar-refractivity contribution in [2.24, 2.45) is 5.92 Å². The monoisotopic (exact) mass is 526 g/mol. The summed E-state index contributed by atoms with van der Waals surface area (Å²) >= 11 is 5.99. The molecule has 0 aromatic heterocycles. The molecule has 0 atom stereocenters.